The Morgan fingerprint density at radius 2 is 0.771 bits per heavy atom. The van der Waals surface area contributed by atoms with Crippen LogP contribution in [-0.4, -0.2) is 9.13 Å². The van der Waals surface area contributed by atoms with Crippen molar-refractivity contribution in [2.75, 3.05) is 0 Å². The molecule has 0 amide bonds. The zero-order chi connectivity index (χ0) is 46.9. The lowest BCUT2D eigenvalue weighted by Crippen LogP contribution is -2.17. The average Bonchev–Trinajstić information content (AvgIpc) is 4.06. The number of para-hydroxylation sites is 4. The summed E-state index contributed by atoms with van der Waals surface area (Å²) in [5.74, 6) is 0. The van der Waals surface area contributed by atoms with Crippen LogP contribution in [0, 0.1) is 0 Å². The molecule has 0 atom stereocenters. The van der Waals surface area contributed by atoms with Gasteiger partial charge in [-0.25, -0.2) is 0 Å². The van der Waals surface area contributed by atoms with Gasteiger partial charge in [0.1, 0.15) is 0 Å². The third-order valence-electron chi connectivity index (χ3n) is 15.9. The molecule has 0 saturated carbocycles. The highest BCUT2D eigenvalue weighted by molar-refractivity contribution is 6.12. The van der Waals surface area contributed by atoms with Crippen molar-refractivity contribution in [1.29, 1.82) is 0 Å². The van der Waals surface area contributed by atoms with Gasteiger partial charge in [-0.1, -0.05) is 173 Å². The van der Waals surface area contributed by atoms with E-state index in [2.05, 4.69) is 267 Å². The van der Waals surface area contributed by atoms with Crippen LogP contribution < -0.4 is 0 Å². The van der Waals surface area contributed by atoms with Gasteiger partial charge in [-0.05, 0) is 163 Å². The molecule has 0 aliphatic heterocycles. The van der Waals surface area contributed by atoms with Gasteiger partial charge in [0.25, 0.3) is 0 Å². The highest BCUT2D eigenvalue weighted by atomic mass is 15.0. The van der Waals surface area contributed by atoms with Gasteiger partial charge < -0.3 is 9.13 Å². The fourth-order valence-corrected chi connectivity index (χ4v) is 12.4. The normalized spacial score (nSPS) is 14.3. The molecular weight excluding hydrogens is 845 g/mol. The monoisotopic (exact) mass is 894 g/mol. The average molecular weight is 895 g/mol. The van der Waals surface area contributed by atoms with E-state index in [1.807, 2.05) is 0 Å². The minimum atomic E-state index is -0.185. The van der Waals surface area contributed by atoms with Crippen LogP contribution in [-0.2, 0) is 10.8 Å². The first-order chi connectivity index (χ1) is 34.2. The largest absolute Gasteiger partial charge is 0.309 e. The van der Waals surface area contributed by atoms with Crippen molar-refractivity contribution in [3.8, 4) is 44.8 Å². The van der Waals surface area contributed by atoms with Crippen molar-refractivity contribution in [2.45, 2.75) is 38.5 Å². The van der Waals surface area contributed by atoms with Gasteiger partial charge in [0.05, 0.1) is 22.1 Å². The van der Waals surface area contributed by atoms with Crippen LogP contribution in [0.15, 0.2) is 224 Å². The van der Waals surface area contributed by atoms with Crippen LogP contribution >= 0.6 is 0 Å². The smallest absolute Gasteiger partial charge is 0.0541 e. The zero-order valence-corrected chi connectivity index (χ0v) is 39.8. The van der Waals surface area contributed by atoms with Crippen molar-refractivity contribution in [2.24, 2.45) is 0 Å². The fourth-order valence-electron chi connectivity index (χ4n) is 12.4. The molecule has 2 aromatic heterocycles. The third kappa shape index (κ3) is 5.93. The molecule has 12 aromatic rings. The topological polar surface area (TPSA) is 9.86 Å². The van der Waals surface area contributed by atoms with Crippen LogP contribution in [0.2, 0.25) is 0 Å². The van der Waals surface area contributed by atoms with Crippen LogP contribution in [0.1, 0.15) is 66.6 Å². The molecule has 0 N–H and O–H groups in total. The van der Waals surface area contributed by atoms with E-state index in [0.29, 0.717) is 0 Å². The quantitative estimate of drug-likeness (QED) is 0.147. The van der Waals surface area contributed by atoms with E-state index >= 15 is 0 Å². The van der Waals surface area contributed by atoms with E-state index in [1.54, 1.807) is 0 Å². The Balaban J connectivity index is 0.840. The molecular formula is C68H50N2. The lowest BCUT2D eigenvalue weighted by molar-refractivity contribution is 0.652. The summed E-state index contributed by atoms with van der Waals surface area (Å²) in [6, 6.07) is 83.4. The van der Waals surface area contributed by atoms with Gasteiger partial charge in [0.2, 0.25) is 0 Å². The molecule has 10 aromatic carbocycles. The fraction of sp³-hybridized carbons (Fsp3) is 0.0882. The second-order valence-corrected chi connectivity index (χ2v) is 20.5. The molecule has 0 spiro atoms. The van der Waals surface area contributed by atoms with E-state index in [0.717, 1.165) is 0 Å². The van der Waals surface area contributed by atoms with Gasteiger partial charge in [0.15, 0.2) is 0 Å². The predicted octanol–water partition coefficient (Wildman–Crippen LogP) is 17.7. The number of nitrogens with zero attached hydrogens (tertiary/aromatic N) is 2. The maximum absolute atomic E-state index is 2.54. The maximum Gasteiger partial charge on any atom is 0.0541 e. The van der Waals surface area contributed by atoms with Crippen molar-refractivity contribution < 1.29 is 0 Å². The second-order valence-electron chi connectivity index (χ2n) is 20.5. The number of fused-ring (bicyclic) bond motifs is 12. The van der Waals surface area contributed by atoms with E-state index in [4.69, 9.17) is 0 Å². The summed E-state index contributed by atoms with van der Waals surface area (Å²) in [6.45, 7) is 9.67. The Morgan fingerprint density at radius 1 is 0.329 bits per heavy atom. The highest BCUT2D eigenvalue weighted by Crippen LogP contribution is 2.57. The van der Waals surface area contributed by atoms with Crippen LogP contribution in [0.5, 0.6) is 0 Å². The van der Waals surface area contributed by atoms with E-state index in [1.165, 1.54) is 133 Å². The lowest BCUT2D eigenvalue weighted by Gasteiger charge is -2.24. The van der Waals surface area contributed by atoms with Crippen LogP contribution in [0.4, 0.5) is 0 Å². The van der Waals surface area contributed by atoms with E-state index < -0.39 is 0 Å². The minimum absolute atomic E-state index is 0.169. The van der Waals surface area contributed by atoms with Crippen molar-refractivity contribution >= 4 is 55.3 Å². The van der Waals surface area contributed by atoms with E-state index in [-0.39, 0.29) is 10.8 Å². The molecule has 2 aliphatic rings. The van der Waals surface area contributed by atoms with E-state index in [9.17, 15) is 0 Å². The highest BCUT2D eigenvalue weighted by Gasteiger charge is 2.42. The number of hydrogen-bond acceptors (Lipinski definition) is 0. The molecule has 0 bridgehead atoms. The van der Waals surface area contributed by atoms with Crippen molar-refractivity contribution in [3.05, 3.63) is 263 Å². The summed E-state index contributed by atoms with van der Waals surface area (Å²) >= 11 is 0. The number of aromatic nitrogens is 2. The van der Waals surface area contributed by atoms with Gasteiger partial charge in [-0.3, -0.25) is 0 Å². The first-order valence-electron chi connectivity index (χ1n) is 24.7. The molecule has 332 valence electrons. The number of benzene rings is 10. The van der Waals surface area contributed by atoms with Gasteiger partial charge in [-0.2, -0.15) is 0 Å². The molecule has 0 fully saturated rings. The summed E-state index contributed by atoms with van der Waals surface area (Å²) < 4.78 is 4.78. The van der Waals surface area contributed by atoms with Gasteiger partial charge in [0, 0.05) is 43.7 Å². The minimum Gasteiger partial charge on any atom is -0.309 e. The molecule has 0 saturated heterocycles. The molecule has 70 heavy (non-hydrogen) atoms. The first kappa shape index (κ1) is 40.6. The summed E-state index contributed by atoms with van der Waals surface area (Å²) in [4.78, 5) is 0. The summed E-state index contributed by atoms with van der Waals surface area (Å²) in [7, 11) is 0. The Labute approximate surface area is 409 Å². The van der Waals surface area contributed by atoms with Crippen LogP contribution in [0.3, 0.4) is 0 Å². The summed E-state index contributed by atoms with van der Waals surface area (Å²) in [6.07, 6.45) is 2.40. The molecule has 0 radical (unpaired) electrons. The Morgan fingerprint density at radius 3 is 1.37 bits per heavy atom. The maximum atomic E-state index is 2.54. The second kappa shape index (κ2) is 15.0. The molecule has 2 heterocycles. The van der Waals surface area contributed by atoms with Crippen molar-refractivity contribution in [1.82, 2.24) is 9.13 Å². The van der Waals surface area contributed by atoms with Crippen LogP contribution in [0.25, 0.3) is 100 Å². The Bertz CT molecular complexity index is 4140. The Hall–Kier alpha value is -8.46. The standard InChI is InChI=1S/C68H50N2/c1-67(2)59-37-43(36-54(44-18-8-5-9-19-44)47-31-35-66-58(39-47)53-25-15-17-27-64(53)70(66)49-22-12-7-13-23-49)28-32-50(59)55-41-62-56(42-61(55)67)51-33-29-46(40-60(51)68(62,3)4)45-30-34-65-57(38-45)52-24-14-16-26-63(52)69(65)48-20-10-6-11-21-48/h5-42H,1-4H3. The predicted molar refractivity (Wildman–Crippen MR) is 296 cm³/mol. The summed E-state index contributed by atoms with van der Waals surface area (Å²) in [5, 5.41) is 5.06. The first-order valence-corrected chi connectivity index (χ1v) is 24.7. The summed E-state index contributed by atoms with van der Waals surface area (Å²) in [5.41, 5.74) is 25.2. The molecule has 14 rings (SSSR count). The van der Waals surface area contributed by atoms with Gasteiger partial charge >= 0.3 is 0 Å². The molecule has 2 heteroatoms. The zero-order valence-electron chi connectivity index (χ0n) is 39.8. The third-order valence-corrected chi connectivity index (χ3v) is 15.9. The SMILES string of the molecule is CC1(C)c2cc(C=C(c3ccccc3)c3ccc4c(c3)c3ccccc3n4-c3ccccc3)ccc2-c2cc3c(cc21)-c1ccc(-c2ccc4c(c2)c2ccccc2n4-c2ccccc2)cc1C3(C)C. The molecule has 2 aliphatic carbocycles. The molecule has 2 nitrogen and oxygen atoms in total. The Kier molecular flexibility index (Phi) is 8.71. The van der Waals surface area contributed by atoms with Crippen molar-refractivity contribution in [3.63, 3.8) is 0 Å². The number of rotatable bonds is 6. The van der Waals surface area contributed by atoms with Gasteiger partial charge in [-0.15, -0.1) is 0 Å². The molecule has 0 unspecified atom stereocenters. The lowest BCUT2D eigenvalue weighted by atomic mass is 9.79. The number of hydrogen-bond donors (Lipinski definition) is 0.